The maximum absolute atomic E-state index is 11.9. The van der Waals surface area contributed by atoms with Crippen LogP contribution >= 0.6 is 0 Å². The van der Waals surface area contributed by atoms with Gasteiger partial charge in [0.1, 0.15) is 18.2 Å². The van der Waals surface area contributed by atoms with Gasteiger partial charge in [0.05, 0.1) is 17.3 Å². The van der Waals surface area contributed by atoms with Gasteiger partial charge in [-0.2, -0.15) is 4.98 Å². The van der Waals surface area contributed by atoms with E-state index in [1.165, 1.54) is 12.3 Å². The summed E-state index contributed by atoms with van der Waals surface area (Å²) in [5, 5.41) is 6.41. The van der Waals surface area contributed by atoms with E-state index in [9.17, 15) is 9.59 Å². The van der Waals surface area contributed by atoms with Crippen LogP contribution in [0.4, 0.5) is 23.1 Å². The SMILES string of the molecule is C=CC(=O)N1CCN2c3ccc(Nc4ncc(C(N)=O)c(NC5CC5)n4)cc3OC[C@H]2C1. The lowest BCUT2D eigenvalue weighted by atomic mass is 10.1. The van der Waals surface area contributed by atoms with Crippen molar-refractivity contribution in [2.75, 3.05) is 41.8 Å². The van der Waals surface area contributed by atoms with Crippen LogP contribution in [0.3, 0.4) is 0 Å². The molecule has 10 heteroatoms. The molecule has 1 saturated heterocycles. The van der Waals surface area contributed by atoms with Crippen molar-refractivity contribution < 1.29 is 14.3 Å². The number of fused-ring (bicyclic) bond motifs is 3. The summed E-state index contributed by atoms with van der Waals surface area (Å²) in [5.41, 5.74) is 7.49. The Kier molecular flexibility index (Phi) is 5.04. The number of amides is 2. The molecule has 2 aliphatic heterocycles. The van der Waals surface area contributed by atoms with Gasteiger partial charge in [-0.3, -0.25) is 9.59 Å². The van der Waals surface area contributed by atoms with Gasteiger partial charge in [0, 0.05) is 43.6 Å². The molecular weight excluding hydrogens is 410 g/mol. The second kappa shape index (κ2) is 8.03. The predicted molar refractivity (Wildman–Crippen MR) is 120 cm³/mol. The number of benzene rings is 1. The fourth-order valence-corrected chi connectivity index (χ4v) is 4.06. The van der Waals surface area contributed by atoms with E-state index in [1.54, 1.807) is 4.90 Å². The number of carbonyl (C=O) groups is 2. The van der Waals surface area contributed by atoms with Crippen LogP contribution < -0.4 is 26.0 Å². The maximum atomic E-state index is 11.9. The fourth-order valence-electron chi connectivity index (χ4n) is 4.06. The molecule has 4 N–H and O–H groups in total. The summed E-state index contributed by atoms with van der Waals surface area (Å²) in [6.07, 6.45) is 4.88. The zero-order chi connectivity index (χ0) is 22.2. The van der Waals surface area contributed by atoms with E-state index in [0.717, 1.165) is 36.5 Å². The van der Waals surface area contributed by atoms with Crippen molar-refractivity contribution in [3.63, 3.8) is 0 Å². The molecule has 2 fully saturated rings. The average molecular weight is 435 g/mol. The predicted octanol–water partition coefficient (Wildman–Crippen LogP) is 1.49. The van der Waals surface area contributed by atoms with Crippen molar-refractivity contribution in [1.29, 1.82) is 0 Å². The van der Waals surface area contributed by atoms with E-state index in [1.807, 2.05) is 18.2 Å². The molecule has 0 radical (unpaired) electrons. The Morgan fingerprint density at radius 3 is 2.88 bits per heavy atom. The summed E-state index contributed by atoms with van der Waals surface area (Å²) < 4.78 is 6.01. The average Bonchev–Trinajstić information content (AvgIpc) is 3.62. The van der Waals surface area contributed by atoms with Crippen molar-refractivity contribution in [2.24, 2.45) is 5.73 Å². The first-order valence-electron chi connectivity index (χ1n) is 10.7. The summed E-state index contributed by atoms with van der Waals surface area (Å²) in [5.74, 6) is 0.962. The van der Waals surface area contributed by atoms with Gasteiger partial charge in [0.25, 0.3) is 5.91 Å². The highest BCUT2D eigenvalue weighted by molar-refractivity contribution is 5.97. The number of piperazine rings is 1. The van der Waals surface area contributed by atoms with Gasteiger partial charge in [-0.25, -0.2) is 4.98 Å². The Morgan fingerprint density at radius 2 is 2.12 bits per heavy atom. The molecule has 5 rings (SSSR count). The molecule has 1 aliphatic carbocycles. The molecule has 166 valence electrons. The third-order valence-electron chi connectivity index (χ3n) is 5.90. The monoisotopic (exact) mass is 435 g/mol. The number of ether oxygens (including phenoxy) is 1. The number of hydrogen-bond donors (Lipinski definition) is 3. The summed E-state index contributed by atoms with van der Waals surface area (Å²) in [6.45, 7) is 6.07. The van der Waals surface area contributed by atoms with Gasteiger partial charge in [0.15, 0.2) is 0 Å². The smallest absolute Gasteiger partial charge is 0.254 e. The van der Waals surface area contributed by atoms with Crippen LogP contribution in [0.5, 0.6) is 5.75 Å². The Labute approximate surface area is 185 Å². The molecule has 0 spiro atoms. The minimum Gasteiger partial charge on any atom is -0.489 e. The molecule has 0 unspecified atom stereocenters. The fraction of sp³-hybridized carbons (Fsp3) is 0.364. The molecule has 3 aliphatic rings. The van der Waals surface area contributed by atoms with Crippen LogP contribution in [0, 0.1) is 0 Å². The molecule has 32 heavy (non-hydrogen) atoms. The zero-order valence-corrected chi connectivity index (χ0v) is 17.6. The summed E-state index contributed by atoms with van der Waals surface area (Å²) in [4.78, 5) is 36.4. The van der Waals surface area contributed by atoms with Crippen LogP contribution in [0.15, 0.2) is 37.1 Å². The standard InChI is InChI=1S/C22H25N7O3/c1-2-19(30)28-7-8-29-15(11-28)12-32-18-9-14(5-6-17(18)29)26-22-24-10-16(20(23)31)21(27-22)25-13-3-4-13/h2,5-6,9-10,13,15H,1,3-4,7-8,11-12H2,(H2,23,31)(H2,24,25,26,27)/t15-/m1/s1. The third-order valence-corrected chi connectivity index (χ3v) is 5.90. The Hall–Kier alpha value is -3.82. The summed E-state index contributed by atoms with van der Waals surface area (Å²) in [6, 6.07) is 6.27. The van der Waals surface area contributed by atoms with E-state index in [-0.39, 0.29) is 17.5 Å². The minimum atomic E-state index is -0.564. The number of nitrogens with zero attached hydrogens (tertiary/aromatic N) is 4. The second-order valence-corrected chi connectivity index (χ2v) is 8.19. The number of primary amides is 1. The first-order chi connectivity index (χ1) is 15.5. The molecule has 1 aromatic carbocycles. The van der Waals surface area contributed by atoms with Crippen LogP contribution in [0.2, 0.25) is 0 Å². The second-order valence-electron chi connectivity index (χ2n) is 8.19. The lowest BCUT2D eigenvalue weighted by Crippen LogP contribution is -2.58. The Morgan fingerprint density at radius 1 is 1.28 bits per heavy atom. The van der Waals surface area contributed by atoms with E-state index in [0.29, 0.717) is 37.5 Å². The molecule has 1 aromatic heterocycles. The molecule has 0 bridgehead atoms. The normalized spacial score (nSPS) is 19.3. The van der Waals surface area contributed by atoms with E-state index in [2.05, 4.69) is 32.1 Å². The number of nitrogens with one attached hydrogen (secondary N) is 2. The van der Waals surface area contributed by atoms with E-state index >= 15 is 0 Å². The van der Waals surface area contributed by atoms with Gasteiger partial charge in [-0.1, -0.05) is 6.58 Å². The topological polar surface area (TPSA) is 126 Å². The molecule has 3 heterocycles. The Balaban J connectivity index is 1.33. The van der Waals surface area contributed by atoms with Crippen molar-refractivity contribution in [2.45, 2.75) is 24.9 Å². The van der Waals surface area contributed by atoms with Gasteiger partial charge < -0.3 is 30.9 Å². The van der Waals surface area contributed by atoms with Crippen LogP contribution in [-0.2, 0) is 4.79 Å². The summed E-state index contributed by atoms with van der Waals surface area (Å²) in [7, 11) is 0. The molecule has 2 amide bonds. The van der Waals surface area contributed by atoms with Crippen molar-refractivity contribution in [3.05, 3.63) is 42.6 Å². The number of hydrogen-bond acceptors (Lipinski definition) is 8. The zero-order valence-electron chi connectivity index (χ0n) is 17.6. The maximum Gasteiger partial charge on any atom is 0.254 e. The highest BCUT2D eigenvalue weighted by Gasteiger charge is 2.34. The first kappa shape index (κ1) is 20.1. The Bertz CT molecular complexity index is 1090. The first-order valence-corrected chi connectivity index (χ1v) is 10.7. The van der Waals surface area contributed by atoms with Crippen LogP contribution in [0.1, 0.15) is 23.2 Å². The van der Waals surface area contributed by atoms with E-state index in [4.69, 9.17) is 10.5 Å². The van der Waals surface area contributed by atoms with Crippen LogP contribution in [0.25, 0.3) is 0 Å². The minimum absolute atomic E-state index is 0.0482. The molecule has 2 aromatic rings. The van der Waals surface area contributed by atoms with Crippen molar-refractivity contribution in [3.8, 4) is 5.75 Å². The number of rotatable bonds is 6. The third kappa shape index (κ3) is 3.91. The van der Waals surface area contributed by atoms with Crippen LogP contribution in [-0.4, -0.2) is 65.0 Å². The lowest BCUT2D eigenvalue weighted by Gasteiger charge is -2.45. The summed E-state index contributed by atoms with van der Waals surface area (Å²) >= 11 is 0. The van der Waals surface area contributed by atoms with Gasteiger partial charge in [-0.05, 0) is 31.1 Å². The number of nitrogens with two attached hydrogens (primary N) is 1. The largest absolute Gasteiger partial charge is 0.489 e. The molecule has 1 atom stereocenters. The van der Waals surface area contributed by atoms with E-state index < -0.39 is 5.91 Å². The highest BCUT2D eigenvalue weighted by Crippen LogP contribution is 2.38. The van der Waals surface area contributed by atoms with Gasteiger partial charge in [-0.15, -0.1) is 0 Å². The molecule has 1 saturated carbocycles. The lowest BCUT2D eigenvalue weighted by molar-refractivity contribution is -0.127. The highest BCUT2D eigenvalue weighted by atomic mass is 16.5. The molecular formula is C22H25N7O3. The van der Waals surface area contributed by atoms with Crippen molar-refractivity contribution in [1.82, 2.24) is 14.9 Å². The van der Waals surface area contributed by atoms with Crippen molar-refractivity contribution >= 4 is 35.0 Å². The quantitative estimate of drug-likeness (QED) is 0.583. The number of anilines is 4. The van der Waals surface area contributed by atoms with Gasteiger partial charge in [0.2, 0.25) is 11.9 Å². The van der Waals surface area contributed by atoms with Gasteiger partial charge >= 0.3 is 0 Å². The molecule has 10 nitrogen and oxygen atoms in total. The number of aromatic nitrogens is 2. The number of carbonyl (C=O) groups excluding carboxylic acids is 2.